The van der Waals surface area contributed by atoms with Crippen molar-refractivity contribution in [2.45, 2.75) is 33.1 Å². The number of hydrogen-bond donors (Lipinski definition) is 0. The van der Waals surface area contributed by atoms with Crippen LogP contribution in [0.15, 0.2) is 36.0 Å². The Bertz CT molecular complexity index is 221. The molecule has 0 spiro atoms. The molecule has 0 N–H and O–H groups in total. The second-order valence-electron chi connectivity index (χ2n) is 3.10. The molecule has 0 saturated carbocycles. The second kappa shape index (κ2) is 7.53. The number of hydrogen-bond acceptors (Lipinski definition) is 1. The van der Waals surface area contributed by atoms with E-state index in [1.165, 1.54) is 5.57 Å². The highest BCUT2D eigenvalue weighted by atomic mass is 16.1. The summed E-state index contributed by atoms with van der Waals surface area (Å²) in [4.78, 5) is 10.1. The summed E-state index contributed by atoms with van der Waals surface area (Å²) in [6, 6.07) is 0. The second-order valence-corrected chi connectivity index (χ2v) is 3.10. The summed E-state index contributed by atoms with van der Waals surface area (Å²) in [7, 11) is 0. The highest BCUT2D eigenvalue weighted by molar-refractivity contribution is 5.49. The van der Waals surface area contributed by atoms with Gasteiger partial charge in [0.05, 0.1) is 0 Å². The average molecular weight is 178 g/mol. The Morgan fingerprint density at radius 2 is 2.08 bits per heavy atom. The van der Waals surface area contributed by atoms with E-state index in [1.54, 1.807) is 0 Å². The summed E-state index contributed by atoms with van der Waals surface area (Å²) < 4.78 is 0. The number of unbranched alkanes of at least 4 members (excludes halogenated alkanes) is 1. The lowest BCUT2D eigenvalue weighted by molar-refractivity contribution is -0.107. The molecule has 13 heavy (non-hydrogen) atoms. The van der Waals surface area contributed by atoms with Crippen molar-refractivity contribution in [2.75, 3.05) is 0 Å². The molecule has 0 rings (SSSR count). The van der Waals surface area contributed by atoms with E-state index in [2.05, 4.69) is 18.7 Å². The largest absolute Gasteiger partial charge is 0.303 e. The SMILES string of the molecule is C=C(C)/C=C\C(=C/C)CCCC=O. The zero-order valence-electron chi connectivity index (χ0n) is 8.55. The molecule has 0 aliphatic rings. The molecule has 0 saturated heterocycles. The van der Waals surface area contributed by atoms with Gasteiger partial charge in [-0.05, 0) is 26.7 Å². The maximum Gasteiger partial charge on any atom is 0.120 e. The van der Waals surface area contributed by atoms with Crippen LogP contribution in [-0.4, -0.2) is 6.29 Å². The fraction of sp³-hybridized carbons (Fsp3) is 0.417. The molecule has 0 aromatic heterocycles. The van der Waals surface area contributed by atoms with Crippen LogP contribution in [0.3, 0.4) is 0 Å². The lowest BCUT2D eigenvalue weighted by Crippen LogP contribution is -1.81. The van der Waals surface area contributed by atoms with Crippen molar-refractivity contribution < 1.29 is 4.79 Å². The minimum absolute atomic E-state index is 0.651. The monoisotopic (exact) mass is 178 g/mol. The van der Waals surface area contributed by atoms with Gasteiger partial charge >= 0.3 is 0 Å². The number of allylic oxidation sites excluding steroid dienone is 5. The van der Waals surface area contributed by atoms with Gasteiger partial charge < -0.3 is 4.79 Å². The number of rotatable bonds is 6. The van der Waals surface area contributed by atoms with Crippen molar-refractivity contribution in [3.05, 3.63) is 36.0 Å². The van der Waals surface area contributed by atoms with Crippen molar-refractivity contribution in [1.29, 1.82) is 0 Å². The van der Waals surface area contributed by atoms with Crippen LogP contribution in [0.5, 0.6) is 0 Å². The normalized spacial score (nSPS) is 12.0. The number of aldehydes is 1. The highest BCUT2D eigenvalue weighted by Crippen LogP contribution is 2.09. The average Bonchev–Trinajstić information content (AvgIpc) is 2.10. The molecule has 0 aromatic rings. The van der Waals surface area contributed by atoms with Crippen LogP contribution in [0, 0.1) is 0 Å². The highest BCUT2D eigenvalue weighted by Gasteiger charge is 1.91. The van der Waals surface area contributed by atoms with Gasteiger partial charge in [-0.1, -0.05) is 36.0 Å². The van der Waals surface area contributed by atoms with Gasteiger partial charge in [0.15, 0.2) is 0 Å². The van der Waals surface area contributed by atoms with Crippen LogP contribution < -0.4 is 0 Å². The Morgan fingerprint density at radius 3 is 2.54 bits per heavy atom. The Balaban J connectivity index is 3.91. The van der Waals surface area contributed by atoms with Crippen LogP contribution in [0.1, 0.15) is 33.1 Å². The van der Waals surface area contributed by atoms with Crippen molar-refractivity contribution in [3.8, 4) is 0 Å². The Labute approximate surface area is 80.8 Å². The molecular weight excluding hydrogens is 160 g/mol. The molecule has 0 unspecified atom stereocenters. The molecule has 1 nitrogen and oxygen atoms in total. The van der Waals surface area contributed by atoms with Gasteiger partial charge in [0.25, 0.3) is 0 Å². The molecule has 0 amide bonds. The minimum Gasteiger partial charge on any atom is -0.303 e. The van der Waals surface area contributed by atoms with Crippen LogP contribution in [-0.2, 0) is 4.79 Å². The predicted octanol–water partition coefficient (Wildman–Crippen LogP) is 3.43. The van der Waals surface area contributed by atoms with E-state index in [4.69, 9.17) is 0 Å². The topological polar surface area (TPSA) is 17.1 Å². The van der Waals surface area contributed by atoms with Crippen molar-refractivity contribution in [3.63, 3.8) is 0 Å². The van der Waals surface area contributed by atoms with Crippen LogP contribution >= 0.6 is 0 Å². The molecule has 0 atom stereocenters. The van der Waals surface area contributed by atoms with Crippen molar-refractivity contribution >= 4 is 6.29 Å². The van der Waals surface area contributed by atoms with Gasteiger partial charge in [-0.3, -0.25) is 0 Å². The molecule has 0 heterocycles. The van der Waals surface area contributed by atoms with Crippen LogP contribution in [0.4, 0.5) is 0 Å². The van der Waals surface area contributed by atoms with Crippen molar-refractivity contribution in [1.82, 2.24) is 0 Å². The van der Waals surface area contributed by atoms with Gasteiger partial charge in [0.1, 0.15) is 6.29 Å². The zero-order chi connectivity index (χ0) is 10.1. The third-order valence-corrected chi connectivity index (χ3v) is 1.74. The Hall–Kier alpha value is -1.11. The Kier molecular flexibility index (Phi) is 6.89. The third kappa shape index (κ3) is 7.26. The van der Waals surface area contributed by atoms with Crippen LogP contribution in [0.2, 0.25) is 0 Å². The molecule has 0 aromatic carbocycles. The predicted molar refractivity (Wildman–Crippen MR) is 57.6 cm³/mol. The van der Waals surface area contributed by atoms with E-state index in [0.29, 0.717) is 6.42 Å². The van der Waals surface area contributed by atoms with Gasteiger partial charge in [-0.25, -0.2) is 0 Å². The van der Waals surface area contributed by atoms with E-state index in [1.807, 2.05) is 19.9 Å². The number of carbonyl (C=O) groups is 1. The van der Waals surface area contributed by atoms with E-state index in [9.17, 15) is 4.79 Å². The van der Waals surface area contributed by atoms with E-state index < -0.39 is 0 Å². The van der Waals surface area contributed by atoms with E-state index in [-0.39, 0.29) is 0 Å². The third-order valence-electron chi connectivity index (χ3n) is 1.74. The minimum atomic E-state index is 0.651. The van der Waals surface area contributed by atoms with Crippen LogP contribution in [0.25, 0.3) is 0 Å². The fourth-order valence-corrected chi connectivity index (χ4v) is 0.963. The van der Waals surface area contributed by atoms with Gasteiger partial charge in [0.2, 0.25) is 0 Å². The van der Waals surface area contributed by atoms with Gasteiger partial charge in [0, 0.05) is 6.42 Å². The summed E-state index contributed by atoms with van der Waals surface area (Å²) in [6.07, 6.45) is 9.66. The van der Waals surface area contributed by atoms with Crippen molar-refractivity contribution in [2.24, 2.45) is 0 Å². The van der Waals surface area contributed by atoms with E-state index >= 15 is 0 Å². The maximum absolute atomic E-state index is 10.1. The zero-order valence-corrected chi connectivity index (χ0v) is 8.55. The summed E-state index contributed by atoms with van der Waals surface area (Å²) in [5, 5.41) is 0. The quantitative estimate of drug-likeness (QED) is 0.346. The maximum atomic E-state index is 10.1. The molecule has 0 fully saturated rings. The first kappa shape index (κ1) is 11.9. The molecule has 0 aliphatic heterocycles. The van der Waals surface area contributed by atoms with E-state index in [0.717, 1.165) is 24.7 Å². The lowest BCUT2D eigenvalue weighted by atomic mass is 10.1. The Morgan fingerprint density at radius 1 is 1.38 bits per heavy atom. The smallest absolute Gasteiger partial charge is 0.120 e. The van der Waals surface area contributed by atoms with Gasteiger partial charge in [-0.2, -0.15) is 0 Å². The molecule has 72 valence electrons. The molecule has 0 bridgehead atoms. The summed E-state index contributed by atoms with van der Waals surface area (Å²) in [6.45, 7) is 7.77. The first-order chi connectivity index (χ1) is 6.20. The summed E-state index contributed by atoms with van der Waals surface area (Å²) >= 11 is 0. The number of carbonyl (C=O) groups excluding carboxylic acids is 1. The summed E-state index contributed by atoms with van der Waals surface area (Å²) in [5.41, 5.74) is 2.32. The summed E-state index contributed by atoms with van der Waals surface area (Å²) in [5.74, 6) is 0. The molecule has 0 radical (unpaired) electrons. The van der Waals surface area contributed by atoms with Gasteiger partial charge in [-0.15, -0.1) is 0 Å². The molecular formula is C12H18O. The molecule has 1 heteroatoms. The fourth-order valence-electron chi connectivity index (χ4n) is 0.963. The standard InChI is InChI=1S/C12H18O/c1-4-12(7-5-6-10-13)9-8-11(2)3/h4,8-10H,2,5-7H2,1,3H3/b9-8-,12-4-. The molecule has 0 aliphatic carbocycles. The lowest BCUT2D eigenvalue weighted by Gasteiger charge is -1.98. The first-order valence-electron chi connectivity index (χ1n) is 4.63. The first-order valence-corrected chi connectivity index (χ1v) is 4.63.